The maximum Gasteiger partial charge on any atom is 0.0792 e. The van der Waals surface area contributed by atoms with E-state index in [0.717, 1.165) is 5.57 Å². The Balaban J connectivity index is 3.69. The van der Waals surface area contributed by atoms with Gasteiger partial charge in [-0.05, 0) is 6.92 Å². The summed E-state index contributed by atoms with van der Waals surface area (Å²) in [5, 5.41) is 9.35. The molecule has 2 atom stereocenters. The summed E-state index contributed by atoms with van der Waals surface area (Å²) in [6, 6.07) is 0. The van der Waals surface area contributed by atoms with Crippen LogP contribution in [0.1, 0.15) is 13.8 Å². The van der Waals surface area contributed by atoms with E-state index in [9.17, 15) is 5.11 Å². The van der Waals surface area contributed by atoms with Crippen LogP contribution in [0.25, 0.3) is 0 Å². The molecule has 0 fully saturated rings. The Morgan fingerprint density at radius 3 is 2.50 bits per heavy atom. The van der Waals surface area contributed by atoms with Crippen LogP contribution in [0.15, 0.2) is 12.2 Å². The van der Waals surface area contributed by atoms with Crippen LogP contribution in [0.3, 0.4) is 0 Å². The summed E-state index contributed by atoms with van der Waals surface area (Å²) in [4.78, 5) is 0. The Bertz CT molecular complexity index is 110. The lowest BCUT2D eigenvalue weighted by Crippen LogP contribution is -2.22. The summed E-state index contributed by atoms with van der Waals surface area (Å²) in [7, 11) is 1.63. The van der Waals surface area contributed by atoms with Gasteiger partial charge in [0.2, 0.25) is 0 Å². The first-order valence-corrected chi connectivity index (χ1v) is 3.42. The van der Waals surface area contributed by atoms with E-state index in [4.69, 9.17) is 4.74 Å². The van der Waals surface area contributed by atoms with Gasteiger partial charge in [0.05, 0.1) is 12.7 Å². The van der Waals surface area contributed by atoms with Crippen LogP contribution in [0.2, 0.25) is 0 Å². The van der Waals surface area contributed by atoms with Crippen molar-refractivity contribution in [3.63, 3.8) is 0 Å². The van der Waals surface area contributed by atoms with Crippen LogP contribution in [-0.2, 0) is 4.74 Å². The molecule has 0 spiro atoms. The summed E-state index contributed by atoms with van der Waals surface area (Å²) >= 11 is 0. The second-order valence-corrected chi connectivity index (χ2v) is 2.72. The second kappa shape index (κ2) is 4.47. The fourth-order valence-electron chi connectivity index (χ4n) is 0.840. The third kappa shape index (κ3) is 2.99. The topological polar surface area (TPSA) is 29.5 Å². The molecule has 0 heterocycles. The molecule has 0 amide bonds. The Kier molecular flexibility index (Phi) is 4.32. The second-order valence-electron chi connectivity index (χ2n) is 2.72. The highest BCUT2D eigenvalue weighted by Crippen LogP contribution is 2.09. The van der Waals surface area contributed by atoms with Gasteiger partial charge in [-0.1, -0.05) is 19.1 Å². The van der Waals surface area contributed by atoms with Crippen molar-refractivity contribution in [2.75, 3.05) is 13.7 Å². The lowest BCUT2D eigenvalue weighted by Gasteiger charge is -2.17. The molecule has 0 aliphatic rings. The smallest absolute Gasteiger partial charge is 0.0792 e. The highest BCUT2D eigenvalue weighted by molar-refractivity contribution is 4.98. The lowest BCUT2D eigenvalue weighted by atomic mass is 10.0. The number of rotatable bonds is 4. The molecule has 1 N–H and O–H groups in total. The van der Waals surface area contributed by atoms with Gasteiger partial charge in [-0.2, -0.15) is 0 Å². The van der Waals surface area contributed by atoms with Gasteiger partial charge in [0.25, 0.3) is 0 Å². The molecule has 0 bridgehead atoms. The third-order valence-electron chi connectivity index (χ3n) is 1.47. The summed E-state index contributed by atoms with van der Waals surface area (Å²) in [5.74, 6) is 0.141. The van der Waals surface area contributed by atoms with Gasteiger partial charge in [-0.25, -0.2) is 0 Å². The molecular weight excluding hydrogens is 128 g/mol. The highest BCUT2D eigenvalue weighted by Gasteiger charge is 2.13. The molecule has 2 heteroatoms. The molecule has 2 unspecified atom stereocenters. The van der Waals surface area contributed by atoms with Crippen molar-refractivity contribution in [2.45, 2.75) is 20.0 Å². The molecule has 0 aromatic carbocycles. The molecule has 0 aliphatic carbocycles. The maximum atomic E-state index is 9.35. The summed E-state index contributed by atoms with van der Waals surface area (Å²) in [5.41, 5.74) is 0.796. The average Bonchev–Trinajstić information content (AvgIpc) is 1.87. The first kappa shape index (κ1) is 9.66. The lowest BCUT2D eigenvalue weighted by molar-refractivity contribution is 0.0779. The van der Waals surface area contributed by atoms with E-state index in [1.54, 1.807) is 7.11 Å². The Labute approximate surface area is 62.5 Å². The van der Waals surface area contributed by atoms with Crippen molar-refractivity contribution in [1.29, 1.82) is 0 Å². The molecule has 0 radical (unpaired) electrons. The normalized spacial score (nSPS) is 16.4. The van der Waals surface area contributed by atoms with Gasteiger partial charge in [0.15, 0.2) is 0 Å². The SMILES string of the molecule is C=C(C)C(O)C(C)COC. The van der Waals surface area contributed by atoms with Crippen molar-refractivity contribution in [3.8, 4) is 0 Å². The molecule has 60 valence electrons. The van der Waals surface area contributed by atoms with Gasteiger partial charge in [0, 0.05) is 13.0 Å². The minimum Gasteiger partial charge on any atom is -0.388 e. The maximum absolute atomic E-state index is 9.35. The predicted octanol–water partition coefficient (Wildman–Crippen LogP) is 1.21. The van der Waals surface area contributed by atoms with Crippen LogP contribution in [0.4, 0.5) is 0 Å². The largest absolute Gasteiger partial charge is 0.388 e. The quantitative estimate of drug-likeness (QED) is 0.601. The van der Waals surface area contributed by atoms with Crippen LogP contribution in [0, 0.1) is 5.92 Å². The van der Waals surface area contributed by atoms with Gasteiger partial charge in [-0.15, -0.1) is 0 Å². The number of methoxy groups -OCH3 is 1. The van der Waals surface area contributed by atoms with Gasteiger partial charge in [0.1, 0.15) is 0 Å². The first-order valence-electron chi connectivity index (χ1n) is 3.42. The van der Waals surface area contributed by atoms with Crippen molar-refractivity contribution >= 4 is 0 Å². The van der Waals surface area contributed by atoms with E-state index in [2.05, 4.69) is 6.58 Å². The summed E-state index contributed by atoms with van der Waals surface area (Å²) < 4.78 is 4.87. The Morgan fingerprint density at radius 2 is 2.20 bits per heavy atom. The van der Waals surface area contributed by atoms with E-state index in [1.807, 2.05) is 13.8 Å². The zero-order chi connectivity index (χ0) is 8.15. The van der Waals surface area contributed by atoms with Gasteiger partial charge < -0.3 is 9.84 Å². The van der Waals surface area contributed by atoms with Crippen molar-refractivity contribution in [1.82, 2.24) is 0 Å². The third-order valence-corrected chi connectivity index (χ3v) is 1.47. The van der Waals surface area contributed by atoms with Crippen molar-refractivity contribution in [2.24, 2.45) is 5.92 Å². The van der Waals surface area contributed by atoms with Crippen LogP contribution >= 0.6 is 0 Å². The molecule has 0 rings (SSSR count). The van der Waals surface area contributed by atoms with Crippen LogP contribution in [0.5, 0.6) is 0 Å². The zero-order valence-corrected chi connectivity index (χ0v) is 6.92. The Hall–Kier alpha value is -0.340. The van der Waals surface area contributed by atoms with Crippen LogP contribution < -0.4 is 0 Å². The number of ether oxygens (including phenoxy) is 1. The molecule has 0 aromatic heterocycles. The predicted molar refractivity (Wildman–Crippen MR) is 41.9 cm³/mol. The fraction of sp³-hybridized carbons (Fsp3) is 0.750. The minimum absolute atomic E-state index is 0.141. The van der Waals surface area contributed by atoms with E-state index < -0.39 is 6.10 Å². The van der Waals surface area contributed by atoms with Gasteiger partial charge >= 0.3 is 0 Å². The highest BCUT2D eigenvalue weighted by atomic mass is 16.5. The molecule has 0 aromatic rings. The molecular formula is C8H16O2. The molecule has 0 aliphatic heterocycles. The standard InChI is InChI=1S/C8H16O2/c1-6(2)8(9)7(3)5-10-4/h7-9H,1,5H2,2-4H3. The number of hydrogen-bond donors (Lipinski definition) is 1. The monoisotopic (exact) mass is 144 g/mol. The summed E-state index contributed by atoms with van der Waals surface area (Å²) in [6.07, 6.45) is -0.431. The van der Waals surface area contributed by atoms with E-state index in [0.29, 0.717) is 6.61 Å². The van der Waals surface area contributed by atoms with Crippen molar-refractivity contribution < 1.29 is 9.84 Å². The number of aliphatic hydroxyl groups excluding tert-OH is 1. The van der Waals surface area contributed by atoms with Crippen LogP contribution in [-0.4, -0.2) is 24.9 Å². The van der Waals surface area contributed by atoms with Crippen molar-refractivity contribution in [3.05, 3.63) is 12.2 Å². The van der Waals surface area contributed by atoms with E-state index >= 15 is 0 Å². The average molecular weight is 144 g/mol. The van der Waals surface area contributed by atoms with E-state index in [-0.39, 0.29) is 5.92 Å². The zero-order valence-electron chi connectivity index (χ0n) is 6.92. The molecule has 2 nitrogen and oxygen atoms in total. The van der Waals surface area contributed by atoms with Gasteiger partial charge in [-0.3, -0.25) is 0 Å². The fourth-order valence-corrected chi connectivity index (χ4v) is 0.840. The molecule has 0 saturated carbocycles. The Morgan fingerprint density at radius 1 is 1.70 bits per heavy atom. The molecule has 10 heavy (non-hydrogen) atoms. The van der Waals surface area contributed by atoms with E-state index in [1.165, 1.54) is 0 Å². The first-order chi connectivity index (χ1) is 4.59. The number of aliphatic hydroxyl groups is 1. The molecule has 0 saturated heterocycles. The number of hydrogen-bond acceptors (Lipinski definition) is 2. The summed E-state index contributed by atoms with van der Waals surface area (Å²) in [6.45, 7) is 7.98. The minimum atomic E-state index is -0.431.